The number of hydrogen-bond donors (Lipinski definition) is 2. The summed E-state index contributed by atoms with van der Waals surface area (Å²) < 4.78 is 10.8. The Labute approximate surface area is 191 Å². The van der Waals surface area contributed by atoms with Crippen LogP contribution in [0.4, 0.5) is 5.69 Å². The molecule has 0 radical (unpaired) electrons. The van der Waals surface area contributed by atoms with Crippen LogP contribution in [0, 0.1) is 16.0 Å². The summed E-state index contributed by atoms with van der Waals surface area (Å²) in [6.45, 7) is 6.16. The van der Waals surface area contributed by atoms with Crippen LogP contribution < -0.4 is 20.1 Å². The molecule has 2 aromatic carbocycles. The fourth-order valence-electron chi connectivity index (χ4n) is 2.95. The fourth-order valence-corrected chi connectivity index (χ4v) is 3.14. The molecule has 0 aromatic heterocycles. The molecule has 0 saturated carbocycles. The molecular formula is C22H26ClN3O6. The Morgan fingerprint density at radius 3 is 2.47 bits per heavy atom. The van der Waals surface area contributed by atoms with E-state index in [4.69, 9.17) is 21.1 Å². The van der Waals surface area contributed by atoms with Crippen molar-refractivity contribution in [2.24, 2.45) is 5.92 Å². The quantitative estimate of drug-likeness (QED) is 0.409. The Morgan fingerprint density at radius 2 is 1.88 bits per heavy atom. The van der Waals surface area contributed by atoms with Gasteiger partial charge in [0.25, 0.3) is 11.6 Å². The lowest BCUT2D eigenvalue weighted by Crippen LogP contribution is -2.49. The predicted octanol–water partition coefficient (Wildman–Crippen LogP) is 3.73. The van der Waals surface area contributed by atoms with Crippen LogP contribution in [0.1, 0.15) is 36.7 Å². The summed E-state index contributed by atoms with van der Waals surface area (Å²) in [7, 11) is 1.53. The van der Waals surface area contributed by atoms with Crippen molar-refractivity contribution in [1.82, 2.24) is 10.6 Å². The molecule has 0 aliphatic carbocycles. The molecule has 0 saturated heterocycles. The van der Waals surface area contributed by atoms with Crippen molar-refractivity contribution in [2.75, 3.05) is 13.7 Å². The van der Waals surface area contributed by atoms with Crippen LogP contribution in [0.5, 0.6) is 11.5 Å². The van der Waals surface area contributed by atoms with Gasteiger partial charge in [0.2, 0.25) is 5.91 Å². The van der Waals surface area contributed by atoms with Gasteiger partial charge in [-0.1, -0.05) is 31.5 Å². The number of nitrogens with zero attached hydrogens (tertiary/aromatic N) is 1. The highest BCUT2D eigenvalue weighted by molar-refractivity contribution is 6.32. The van der Waals surface area contributed by atoms with E-state index in [2.05, 4.69) is 10.6 Å². The minimum atomic E-state index is -0.846. The molecule has 2 aromatic rings. The predicted molar refractivity (Wildman–Crippen MR) is 120 cm³/mol. The maximum atomic E-state index is 12.8. The molecular weight excluding hydrogens is 438 g/mol. The zero-order valence-electron chi connectivity index (χ0n) is 18.3. The van der Waals surface area contributed by atoms with Crippen molar-refractivity contribution in [3.8, 4) is 11.5 Å². The Bertz CT molecular complexity index is 996. The van der Waals surface area contributed by atoms with Gasteiger partial charge >= 0.3 is 0 Å². The Hall–Kier alpha value is -3.33. The number of nitrogens with one attached hydrogen (secondary N) is 2. The lowest BCUT2D eigenvalue weighted by Gasteiger charge is -2.22. The molecule has 2 N–H and O–H groups in total. The normalized spacial score (nSPS) is 11.6. The number of hydrogen-bond acceptors (Lipinski definition) is 6. The number of amides is 2. The lowest BCUT2D eigenvalue weighted by atomic mass is 10.0. The van der Waals surface area contributed by atoms with Gasteiger partial charge in [-0.25, -0.2) is 0 Å². The number of halogens is 1. The number of carbonyl (C=O) groups excluding carboxylic acids is 2. The molecule has 9 nitrogen and oxygen atoms in total. The van der Waals surface area contributed by atoms with E-state index in [9.17, 15) is 19.7 Å². The summed E-state index contributed by atoms with van der Waals surface area (Å²) in [5.41, 5.74) is 0.450. The highest BCUT2D eigenvalue weighted by Crippen LogP contribution is 2.28. The van der Waals surface area contributed by atoms with Gasteiger partial charge in [-0.3, -0.25) is 19.7 Å². The van der Waals surface area contributed by atoms with Crippen molar-refractivity contribution in [3.63, 3.8) is 0 Å². The molecule has 0 heterocycles. The van der Waals surface area contributed by atoms with Crippen molar-refractivity contribution in [1.29, 1.82) is 0 Å². The van der Waals surface area contributed by atoms with Crippen LogP contribution in [0.2, 0.25) is 5.02 Å². The van der Waals surface area contributed by atoms with E-state index < -0.39 is 16.9 Å². The number of nitro benzene ring substituents is 1. The third-order valence-corrected chi connectivity index (χ3v) is 4.95. The smallest absolute Gasteiger partial charge is 0.288 e. The molecule has 1 atom stereocenters. The van der Waals surface area contributed by atoms with Crippen molar-refractivity contribution >= 4 is 29.1 Å². The Kier molecular flexibility index (Phi) is 8.83. The standard InChI is InChI=1S/C22H26ClN3O6/c1-5-32-18-9-6-14(10-19(18)31-4)12-24-22(28)20(13(2)3)25-21(27)15-7-8-16(23)17(11-15)26(29)30/h6-11,13,20H,5,12H2,1-4H3,(H,24,28)(H,25,27). The average molecular weight is 464 g/mol. The van der Waals surface area contributed by atoms with Crippen molar-refractivity contribution in [2.45, 2.75) is 33.4 Å². The number of methoxy groups -OCH3 is 1. The first-order valence-electron chi connectivity index (χ1n) is 10.00. The molecule has 2 rings (SSSR count). The molecule has 10 heteroatoms. The number of benzene rings is 2. The maximum Gasteiger partial charge on any atom is 0.288 e. The first-order chi connectivity index (χ1) is 15.2. The molecule has 2 amide bonds. The van der Waals surface area contributed by atoms with Gasteiger partial charge in [-0.05, 0) is 42.7 Å². The lowest BCUT2D eigenvalue weighted by molar-refractivity contribution is -0.384. The average Bonchev–Trinajstić information content (AvgIpc) is 2.76. The monoisotopic (exact) mass is 463 g/mol. The highest BCUT2D eigenvalue weighted by Gasteiger charge is 2.26. The Morgan fingerprint density at radius 1 is 1.16 bits per heavy atom. The van der Waals surface area contributed by atoms with Crippen LogP contribution in [0.15, 0.2) is 36.4 Å². The minimum absolute atomic E-state index is 0.0378. The van der Waals surface area contributed by atoms with E-state index in [-0.39, 0.29) is 34.6 Å². The van der Waals surface area contributed by atoms with Crippen molar-refractivity contribution in [3.05, 3.63) is 62.7 Å². The molecule has 0 aliphatic heterocycles. The summed E-state index contributed by atoms with van der Waals surface area (Å²) in [4.78, 5) is 35.8. The third kappa shape index (κ3) is 6.34. The summed E-state index contributed by atoms with van der Waals surface area (Å²) in [5, 5.41) is 16.4. The van der Waals surface area contributed by atoms with Crippen LogP contribution in [0.25, 0.3) is 0 Å². The van der Waals surface area contributed by atoms with Crippen LogP contribution in [-0.2, 0) is 11.3 Å². The molecule has 0 aliphatic rings. The fraction of sp³-hybridized carbons (Fsp3) is 0.364. The van der Waals surface area contributed by atoms with Crippen LogP contribution in [0.3, 0.4) is 0 Å². The number of rotatable bonds is 10. The van der Waals surface area contributed by atoms with Gasteiger partial charge in [-0.15, -0.1) is 0 Å². The maximum absolute atomic E-state index is 12.8. The first-order valence-corrected chi connectivity index (χ1v) is 10.4. The van der Waals surface area contributed by atoms with E-state index in [0.717, 1.165) is 11.6 Å². The zero-order chi connectivity index (χ0) is 23.8. The SMILES string of the molecule is CCOc1ccc(CNC(=O)C(NC(=O)c2ccc(Cl)c([N+](=O)[O-])c2)C(C)C)cc1OC. The van der Waals surface area contributed by atoms with Gasteiger partial charge in [-0.2, -0.15) is 0 Å². The van der Waals surface area contributed by atoms with Crippen LogP contribution in [-0.4, -0.2) is 36.5 Å². The van der Waals surface area contributed by atoms with E-state index in [0.29, 0.717) is 18.1 Å². The number of nitro groups is 1. The van der Waals surface area contributed by atoms with E-state index >= 15 is 0 Å². The van der Waals surface area contributed by atoms with Gasteiger partial charge in [0.05, 0.1) is 18.6 Å². The minimum Gasteiger partial charge on any atom is -0.493 e. The second kappa shape index (κ2) is 11.3. The van der Waals surface area contributed by atoms with E-state index in [1.54, 1.807) is 26.0 Å². The largest absolute Gasteiger partial charge is 0.493 e. The topological polar surface area (TPSA) is 120 Å². The summed E-state index contributed by atoms with van der Waals surface area (Å²) >= 11 is 5.80. The van der Waals surface area contributed by atoms with Crippen LogP contribution >= 0.6 is 11.6 Å². The summed E-state index contributed by atoms with van der Waals surface area (Å²) in [5.74, 6) is -0.0618. The highest BCUT2D eigenvalue weighted by atomic mass is 35.5. The molecule has 0 bridgehead atoms. The van der Waals surface area contributed by atoms with Gasteiger partial charge in [0.1, 0.15) is 11.1 Å². The second-order valence-corrected chi connectivity index (χ2v) is 7.66. The Balaban J connectivity index is 2.09. The molecule has 32 heavy (non-hydrogen) atoms. The molecule has 0 spiro atoms. The van der Waals surface area contributed by atoms with Gasteiger partial charge < -0.3 is 20.1 Å². The summed E-state index contributed by atoms with van der Waals surface area (Å²) in [6.07, 6.45) is 0. The summed E-state index contributed by atoms with van der Waals surface area (Å²) in [6, 6.07) is 8.22. The van der Waals surface area contributed by atoms with E-state index in [1.807, 2.05) is 13.0 Å². The molecule has 1 unspecified atom stereocenters. The second-order valence-electron chi connectivity index (χ2n) is 7.25. The van der Waals surface area contributed by atoms with Crippen molar-refractivity contribution < 1.29 is 24.0 Å². The molecule has 0 fully saturated rings. The zero-order valence-corrected chi connectivity index (χ0v) is 19.1. The third-order valence-electron chi connectivity index (χ3n) is 4.64. The van der Waals surface area contributed by atoms with E-state index in [1.165, 1.54) is 19.2 Å². The van der Waals surface area contributed by atoms with Gasteiger partial charge in [0.15, 0.2) is 11.5 Å². The number of ether oxygens (including phenoxy) is 2. The first kappa shape index (κ1) is 24.9. The van der Waals surface area contributed by atoms with Gasteiger partial charge in [0, 0.05) is 18.2 Å². The molecule has 172 valence electrons. The number of carbonyl (C=O) groups is 2.